The van der Waals surface area contributed by atoms with E-state index in [0.717, 1.165) is 12.8 Å². The Bertz CT molecular complexity index is 492. The first-order chi connectivity index (χ1) is 9.60. The van der Waals surface area contributed by atoms with E-state index in [9.17, 15) is 4.79 Å². The lowest BCUT2D eigenvalue weighted by atomic mass is 10.0. The van der Waals surface area contributed by atoms with E-state index < -0.39 is 0 Å². The van der Waals surface area contributed by atoms with Gasteiger partial charge < -0.3 is 15.8 Å². The second kappa shape index (κ2) is 6.57. The third-order valence-electron chi connectivity index (χ3n) is 3.65. The molecular formula is C16H22N2O2. The average Bonchev–Trinajstić information content (AvgIpc) is 2.76. The van der Waals surface area contributed by atoms with Crippen molar-refractivity contribution in [2.24, 2.45) is 5.73 Å². The monoisotopic (exact) mass is 274 g/mol. The topological polar surface area (TPSA) is 64.3 Å². The Morgan fingerprint density at radius 2 is 1.90 bits per heavy atom. The molecule has 4 nitrogen and oxygen atoms in total. The van der Waals surface area contributed by atoms with Crippen molar-refractivity contribution in [3.8, 4) is 0 Å². The van der Waals surface area contributed by atoms with Crippen LogP contribution in [0.5, 0.6) is 0 Å². The smallest absolute Gasteiger partial charge is 0.407 e. The van der Waals surface area contributed by atoms with E-state index in [1.54, 1.807) is 6.08 Å². The number of hydrogen-bond donors (Lipinski definition) is 2. The van der Waals surface area contributed by atoms with Crippen LogP contribution in [-0.2, 0) is 17.6 Å². The fraction of sp³-hybridized carbons (Fsp3) is 0.438. The first kappa shape index (κ1) is 14.6. The fourth-order valence-corrected chi connectivity index (χ4v) is 2.48. The quantitative estimate of drug-likeness (QED) is 0.826. The Kier molecular flexibility index (Phi) is 4.79. The fourth-order valence-electron chi connectivity index (χ4n) is 2.48. The number of nitrogens with two attached hydrogens (primary N) is 1. The maximum atomic E-state index is 11.6. The molecular weight excluding hydrogens is 252 g/mol. The molecule has 0 heterocycles. The third kappa shape index (κ3) is 3.61. The number of carbonyl (C=O) groups is 1. The van der Waals surface area contributed by atoms with E-state index in [1.807, 2.05) is 6.08 Å². The molecule has 3 N–H and O–H groups in total. The lowest BCUT2D eigenvalue weighted by molar-refractivity contribution is 0.104. The van der Waals surface area contributed by atoms with Gasteiger partial charge in [0.05, 0.1) is 0 Å². The summed E-state index contributed by atoms with van der Waals surface area (Å²) in [6.07, 6.45) is 4.82. The molecule has 1 aliphatic carbocycles. The largest absolute Gasteiger partial charge is 0.446 e. The Morgan fingerprint density at radius 1 is 1.30 bits per heavy atom. The maximum absolute atomic E-state index is 11.6. The molecule has 0 aromatic heterocycles. The van der Waals surface area contributed by atoms with Gasteiger partial charge >= 0.3 is 6.09 Å². The van der Waals surface area contributed by atoms with E-state index in [-0.39, 0.29) is 12.2 Å². The molecule has 1 aromatic rings. The van der Waals surface area contributed by atoms with Gasteiger partial charge in [0.2, 0.25) is 0 Å². The van der Waals surface area contributed by atoms with E-state index in [0.29, 0.717) is 13.1 Å². The summed E-state index contributed by atoms with van der Waals surface area (Å²) < 4.78 is 5.44. The van der Waals surface area contributed by atoms with Gasteiger partial charge in [-0.2, -0.15) is 0 Å². The van der Waals surface area contributed by atoms with Gasteiger partial charge in [-0.25, -0.2) is 4.79 Å². The normalized spacial score (nSPS) is 14.6. The molecule has 1 aliphatic rings. The van der Waals surface area contributed by atoms with E-state index in [4.69, 9.17) is 10.5 Å². The lowest BCUT2D eigenvalue weighted by Crippen LogP contribution is -2.29. The molecule has 1 aromatic carbocycles. The van der Waals surface area contributed by atoms with Crippen LogP contribution in [0.1, 0.15) is 22.3 Å². The maximum Gasteiger partial charge on any atom is 0.407 e. The SMILES string of the molecule is Cc1cc2c(cc1C)CC(OC(=O)NC/C=C/CN)C2. The molecule has 4 heteroatoms. The molecule has 1 amide bonds. The molecule has 20 heavy (non-hydrogen) atoms. The number of benzene rings is 1. The summed E-state index contributed by atoms with van der Waals surface area (Å²) in [6, 6.07) is 4.41. The number of nitrogens with one attached hydrogen (secondary N) is 1. The van der Waals surface area contributed by atoms with Crippen LogP contribution in [-0.4, -0.2) is 25.3 Å². The number of ether oxygens (including phenoxy) is 1. The van der Waals surface area contributed by atoms with Gasteiger partial charge in [-0.05, 0) is 36.1 Å². The third-order valence-corrected chi connectivity index (χ3v) is 3.65. The van der Waals surface area contributed by atoms with E-state index in [1.165, 1.54) is 22.3 Å². The predicted molar refractivity (Wildman–Crippen MR) is 79.8 cm³/mol. The predicted octanol–water partition coefficient (Wildman–Crippen LogP) is 2.01. The Hall–Kier alpha value is -1.81. The van der Waals surface area contributed by atoms with E-state index >= 15 is 0 Å². The molecule has 0 bridgehead atoms. The zero-order valence-corrected chi connectivity index (χ0v) is 12.1. The minimum absolute atomic E-state index is 0.0512. The van der Waals surface area contributed by atoms with Crippen molar-refractivity contribution in [2.75, 3.05) is 13.1 Å². The van der Waals surface area contributed by atoms with E-state index in [2.05, 4.69) is 31.3 Å². The first-order valence-corrected chi connectivity index (χ1v) is 6.98. The van der Waals surface area contributed by atoms with Crippen LogP contribution >= 0.6 is 0 Å². The van der Waals surface area contributed by atoms with Crippen LogP contribution in [0.25, 0.3) is 0 Å². The standard InChI is InChI=1S/C16H22N2O2/c1-11-7-13-9-15(10-14(13)8-12(11)2)20-16(19)18-6-4-3-5-17/h3-4,7-8,15H,5-6,9-10,17H2,1-2H3,(H,18,19)/b4-3+. The van der Waals surface area contributed by atoms with Crippen molar-refractivity contribution >= 4 is 6.09 Å². The molecule has 0 radical (unpaired) electrons. The molecule has 0 saturated heterocycles. The van der Waals surface area contributed by atoms with Gasteiger partial charge in [-0.1, -0.05) is 24.3 Å². The highest BCUT2D eigenvalue weighted by Gasteiger charge is 2.25. The van der Waals surface area contributed by atoms with Crippen LogP contribution in [0.2, 0.25) is 0 Å². The number of rotatable bonds is 4. The summed E-state index contributed by atoms with van der Waals surface area (Å²) in [5, 5.41) is 2.69. The number of aryl methyl sites for hydroxylation is 2. The Labute approximate surface area is 120 Å². The summed E-state index contributed by atoms with van der Waals surface area (Å²) in [5.74, 6) is 0. The summed E-state index contributed by atoms with van der Waals surface area (Å²) in [4.78, 5) is 11.6. The molecule has 0 fully saturated rings. The molecule has 0 atom stereocenters. The zero-order chi connectivity index (χ0) is 14.5. The Balaban J connectivity index is 1.85. The van der Waals surface area contributed by atoms with Crippen molar-refractivity contribution in [1.82, 2.24) is 5.32 Å². The summed E-state index contributed by atoms with van der Waals surface area (Å²) in [5.41, 5.74) is 10.5. The van der Waals surface area contributed by atoms with Gasteiger partial charge in [0.15, 0.2) is 0 Å². The Morgan fingerprint density at radius 3 is 2.45 bits per heavy atom. The number of amides is 1. The van der Waals surface area contributed by atoms with Crippen molar-refractivity contribution in [3.05, 3.63) is 46.5 Å². The molecule has 0 unspecified atom stereocenters. The van der Waals surface area contributed by atoms with Crippen molar-refractivity contribution in [1.29, 1.82) is 0 Å². The zero-order valence-electron chi connectivity index (χ0n) is 12.1. The summed E-state index contributed by atoms with van der Waals surface area (Å²) in [7, 11) is 0. The molecule has 0 aliphatic heterocycles. The molecule has 0 spiro atoms. The number of hydrogen-bond acceptors (Lipinski definition) is 3. The van der Waals surface area contributed by atoms with Crippen LogP contribution in [0, 0.1) is 13.8 Å². The minimum atomic E-state index is -0.363. The number of carbonyl (C=O) groups excluding carboxylic acids is 1. The second-order valence-corrected chi connectivity index (χ2v) is 5.23. The van der Waals surface area contributed by atoms with Crippen molar-refractivity contribution in [2.45, 2.75) is 32.8 Å². The van der Waals surface area contributed by atoms with Gasteiger partial charge in [0, 0.05) is 25.9 Å². The summed E-state index contributed by atoms with van der Waals surface area (Å²) >= 11 is 0. The number of alkyl carbamates (subject to hydrolysis) is 1. The highest BCUT2D eigenvalue weighted by atomic mass is 16.6. The highest BCUT2D eigenvalue weighted by Crippen LogP contribution is 2.27. The average molecular weight is 274 g/mol. The van der Waals surface area contributed by atoms with Crippen LogP contribution in [0.4, 0.5) is 4.79 Å². The van der Waals surface area contributed by atoms with Gasteiger partial charge in [-0.15, -0.1) is 0 Å². The molecule has 108 valence electrons. The first-order valence-electron chi connectivity index (χ1n) is 6.98. The highest BCUT2D eigenvalue weighted by molar-refractivity contribution is 5.67. The number of fused-ring (bicyclic) bond motifs is 1. The van der Waals surface area contributed by atoms with Crippen molar-refractivity contribution < 1.29 is 9.53 Å². The van der Waals surface area contributed by atoms with Gasteiger partial charge in [-0.3, -0.25) is 0 Å². The second-order valence-electron chi connectivity index (χ2n) is 5.23. The van der Waals surface area contributed by atoms with Crippen molar-refractivity contribution in [3.63, 3.8) is 0 Å². The minimum Gasteiger partial charge on any atom is -0.446 e. The summed E-state index contributed by atoms with van der Waals surface area (Å²) in [6.45, 7) is 5.15. The molecule has 0 saturated carbocycles. The van der Waals surface area contributed by atoms with Gasteiger partial charge in [0.25, 0.3) is 0 Å². The van der Waals surface area contributed by atoms with Gasteiger partial charge in [0.1, 0.15) is 6.10 Å². The van der Waals surface area contributed by atoms with Crippen LogP contribution in [0.3, 0.4) is 0 Å². The lowest BCUT2D eigenvalue weighted by Gasteiger charge is -2.11. The molecule has 2 rings (SSSR count). The van der Waals surface area contributed by atoms with Crippen LogP contribution in [0.15, 0.2) is 24.3 Å². The van der Waals surface area contributed by atoms with Crippen LogP contribution < -0.4 is 11.1 Å².